The topological polar surface area (TPSA) is 58.6 Å². The minimum atomic E-state index is -0.199. The van der Waals surface area contributed by atoms with E-state index in [1.807, 2.05) is 30.3 Å². The molecule has 1 N–H and O–H groups in total. The van der Waals surface area contributed by atoms with Gasteiger partial charge in [0, 0.05) is 19.0 Å². The monoisotopic (exact) mass is 288 g/mol. The first-order valence-electron chi connectivity index (χ1n) is 7.48. The summed E-state index contributed by atoms with van der Waals surface area (Å²) in [5.74, 6) is 0.668. The third kappa shape index (κ3) is 3.74. The third-order valence-corrected chi connectivity index (χ3v) is 3.88. The van der Waals surface area contributed by atoms with E-state index < -0.39 is 0 Å². The van der Waals surface area contributed by atoms with Crippen molar-refractivity contribution in [3.63, 3.8) is 0 Å². The van der Waals surface area contributed by atoms with Crippen LogP contribution in [-0.2, 0) is 9.59 Å². The quantitative estimate of drug-likeness (QED) is 0.855. The van der Waals surface area contributed by atoms with Crippen molar-refractivity contribution in [3.05, 3.63) is 30.3 Å². The van der Waals surface area contributed by atoms with Crippen molar-refractivity contribution in [2.24, 2.45) is 5.92 Å². The Morgan fingerprint density at radius 2 is 2.05 bits per heavy atom. The van der Waals surface area contributed by atoms with Crippen LogP contribution in [0.2, 0.25) is 0 Å². The van der Waals surface area contributed by atoms with Crippen molar-refractivity contribution < 1.29 is 14.3 Å². The van der Waals surface area contributed by atoms with Crippen molar-refractivity contribution in [2.45, 2.75) is 25.3 Å². The molecule has 0 spiro atoms. The lowest BCUT2D eigenvalue weighted by Gasteiger charge is -2.17. The Hall–Kier alpha value is -2.04. The van der Waals surface area contributed by atoms with E-state index >= 15 is 0 Å². The summed E-state index contributed by atoms with van der Waals surface area (Å²) in [5.41, 5.74) is 0. The molecule has 1 saturated carbocycles. The number of nitrogens with one attached hydrogen (secondary N) is 1. The van der Waals surface area contributed by atoms with Gasteiger partial charge in [-0.05, 0) is 25.0 Å². The van der Waals surface area contributed by atoms with Gasteiger partial charge in [0.25, 0.3) is 0 Å². The number of ether oxygens (including phenoxy) is 1. The molecule has 2 fully saturated rings. The summed E-state index contributed by atoms with van der Waals surface area (Å²) in [6, 6.07) is 9.88. The summed E-state index contributed by atoms with van der Waals surface area (Å²) in [7, 11) is 0. The molecule has 0 radical (unpaired) electrons. The second kappa shape index (κ2) is 6.16. The van der Waals surface area contributed by atoms with E-state index in [1.54, 1.807) is 4.90 Å². The molecule has 112 valence electrons. The molecule has 5 nitrogen and oxygen atoms in total. The molecule has 3 rings (SSSR count). The Morgan fingerprint density at radius 1 is 1.29 bits per heavy atom. The summed E-state index contributed by atoms with van der Waals surface area (Å²) >= 11 is 0. The molecule has 2 amide bonds. The first-order valence-corrected chi connectivity index (χ1v) is 7.48. The zero-order chi connectivity index (χ0) is 14.7. The average Bonchev–Trinajstić information content (AvgIpc) is 3.22. The molecular formula is C16H20N2O3. The molecular weight excluding hydrogens is 268 g/mol. The first kappa shape index (κ1) is 13.9. The SMILES string of the molecule is O=C(NC1CC1)[C@@H]1CC(=O)N(CCOc2ccccc2)C1. The van der Waals surface area contributed by atoms with Crippen LogP contribution in [-0.4, -0.2) is 42.5 Å². The van der Waals surface area contributed by atoms with Crippen LogP contribution in [0.5, 0.6) is 5.75 Å². The van der Waals surface area contributed by atoms with Gasteiger partial charge >= 0.3 is 0 Å². The maximum absolute atomic E-state index is 12.0. The minimum Gasteiger partial charge on any atom is -0.492 e. The van der Waals surface area contributed by atoms with Crippen LogP contribution in [0.1, 0.15) is 19.3 Å². The largest absolute Gasteiger partial charge is 0.492 e. The number of amides is 2. The highest BCUT2D eigenvalue weighted by Gasteiger charge is 2.36. The van der Waals surface area contributed by atoms with Gasteiger partial charge in [0.15, 0.2) is 0 Å². The highest BCUT2D eigenvalue weighted by atomic mass is 16.5. The molecule has 1 saturated heterocycles. The number of rotatable bonds is 6. The van der Waals surface area contributed by atoms with Crippen molar-refractivity contribution in [3.8, 4) is 5.75 Å². The van der Waals surface area contributed by atoms with E-state index in [1.165, 1.54) is 0 Å². The van der Waals surface area contributed by atoms with Crippen LogP contribution >= 0.6 is 0 Å². The van der Waals surface area contributed by atoms with Gasteiger partial charge in [-0.2, -0.15) is 0 Å². The lowest BCUT2D eigenvalue weighted by atomic mass is 10.1. The predicted molar refractivity (Wildman–Crippen MR) is 77.8 cm³/mol. The Labute approximate surface area is 124 Å². The van der Waals surface area contributed by atoms with Crippen LogP contribution in [0.4, 0.5) is 0 Å². The molecule has 21 heavy (non-hydrogen) atoms. The van der Waals surface area contributed by atoms with Crippen LogP contribution in [0.25, 0.3) is 0 Å². The number of para-hydroxylation sites is 1. The van der Waals surface area contributed by atoms with Gasteiger partial charge in [-0.3, -0.25) is 9.59 Å². The van der Waals surface area contributed by atoms with E-state index in [4.69, 9.17) is 4.74 Å². The molecule has 1 aromatic carbocycles. The van der Waals surface area contributed by atoms with Crippen molar-refractivity contribution >= 4 is 11.8 Å². The normalized spacial score (nSPS) is 21.4. The number of likely N-dealkylation sites (tertiary alicyclic amines) is 1. The summed E-state index contributed by atoms with van der Waals surface area (Å²) < 4.78 is 5.59. The molecule has 1 aliphatic carbocycles. The Kier molecular flexibility index (Phi) is 4.08. The van der Waals surface area contributed by atoms with Gasteiger partial charge < -0.3 is 15.0 Å². The van der Waals surface area contributed by atoms with Crippen LogP contribution in [0, 0.1) is 5.92 Å². The lowest BCUT2D eigenvalue weighted by molar-refractivity contribution is -0.129. The van der Waals surface area contributed by atoms with E-state index in [-0.39, 0.29) is 17.7 Å². The van der Waals surface area contributed by atoms with Crippen molar-refractivity contribution in [1.29, 1.82) is 0 Å². The number of hydrogen-bond donors (Lipinski definition) is 1. The lowest BCUT2D eigenvalue weighted by Crippen LogP contribution is -2.35. The maximum Gasteiger partial charge on any atom is 0.225 e. The average molecular weight is 288 g/mol. The fourth-order valence-electron chi connectivity index (χ4n) is 2.50. The van der Waals surface area contributed by atoms with Crippen molar-refractivity contribution in [1.82, 2.24) is 10.2 Å². The number of hydrogen-bond acceptors (Lipinski definition) is 3. The number of carbonyl (C=O) groups is 2. The molecule has 0 aromatic heterocycles. The molecule has 1 atom stereocenters. The Bertz CT molecular complexity index is 514. The molecule has 0 bridgehead atoms. The zero-order valence-corrected chi connectivity index (χ0v) is 12.0. The second-order valence-corrected chi connectivity index (χ2v) is 5.69. The van der Waals surface area contributed by atoms with Crippen LogP contribution in [0.15, 0.2) is 30.3 Å². The number of nitrogens with zero attached hydrogens (tertiary/aromatic N) is 1. The summed E-state index contributed by atoms with van der Waals surface area (Å²) in [5, 5.41) is 2.97. The fourth-order valence-corrected chi connectivity index (χ4v) is 2.50. The zero-order valence-electron chi connectivity index (χ0n) is 12.0. The molecule has 2 aliphatic rings. The maximum atomic E-state index is 12.0. The Morgan fingerprint density at radius 3 is 2.76 bits per heavy atom. The smallest absolute Gasteiger partial charge is 0.225 e. The summed E-state index contributed by atoms with van der Waals surface area (Å²) in [6.07, 6.45) is 2.46. The highest BCUT2D eigenvalue weighted by molar-refractivity contribution is 5.89. The van der Waals surface area contributed by atoms with Crippen molar-refractivity contribution in [2.75, 3.05) is 19.7 Å². The number of benzene rings is 1. The molecule has 0 unspecified atom stereocenters. The number of carbonyl (C=O) groups excluding carboxylic acids is 2. The standard InChI is InChI=1S/C16H20N2O3/c19-15-10-12(16(20)17-13-6-7-13)11-18(15)8-9-21-14-4-2-1-3-5-14/h1-5,12-13H,6-11H2,(H,17,20)/t12-/m1/s1. The molecule has 1 aliphatic heterocycles. The van der Waals surface area contributed by atoms with Crippen LogP contribution < -0.4 is 10.1 Å². The van der Waals surface area contributed by atoms with E-state index in [9.17, 15) is 9.59 Å². The van der Waals surface area contributed by atoms with Crippen LogP contribution in [0.3, 0.4) is 0 Å². The fraction of sp³-hybridized carbons (Fsp3) is 0.500. The van der Waals surface area contributed by atoms with E-state index in [0.29, 0.717) is 32.2 Å². The highest BCUT2D eigenvalue weighted by Crippen LogP contribution is 2.22. The molecule has 1 aromatic rings. The first-order chi connectivity index (χ1) is 10.2. The van der Waals surface area contributed by atoms with E-state index in [0.717, 1.165) is 18.6 Å². The Balaban J connectivity index is 1.43. The van der Waals surface area contributed by atoms with E-state index in [2.05, 4.69) is 5.32 Å². The van der Waals surface area contributed by atoms with Gasteiger partial charge in [0.1, 0.15) is 12.4 Å². The third-order valence-electron chi connectivity index (χ3n) is 3.88. The van der Waals surface area contributed by atoms with Gasteiger partial charge in [0.05, 0.1) is 12.5 Å². The van der Waals surface area contributed by atoms with Gasteiger partial charge in [0.2, 0.25) is 11.8 Å². The summed E-state index contributed by atoms with van der Waals surface area (Å²) in [6.45, 7) is 1.49. The van der Waals surface area contributed by atoms with Gasteiger partial charge in [-0.15, -0.1) is 0 Å². The van der Waals surface area contributed by atoms with Gasteiger partial charge in [-0.25, -0.2) is 0 Å². The molecule has 5 heteroatoms. The predicted octanol–water partition coefficient (Wildman–Crippen LogP) is 1.19. The van der Waals surface area contributed by atoms with Gasteiger partial charge in [-0.1, -0.05) is 18.2 Å². The molecule has 1 heterocycles. The second-order valence-electron chi connectivity index (χ2n) is 5.69. The minimum absolute atomic E-state index is 0.0253. The summed E-state index contributed by atoms with van der Waals surface area (Å²) in [4.78, 5) is 25.6.